The average Bonchev–Trinajstić information content (AvgIpc) is 3.95. The summed E-state index contributed by atoms with van der Waals surface area (Å²) in [6, 6.07) is 3.33. The summed E-state index contributed by atoms with van der Waals surface area (Å²) in [5.41, 5.74) is -1.22. The Kier molecular flexibility index (Phi) is 10.2. The molecule has 3 fully saturated rings. The van der Waals surface area contributed by atoms with Crippen LogP contribution in [0.4, 0.5) is 9.18 Å². The zero-order valence-corrected chi connectivity index (χ0v) is 33.1. The standard InChI is InChI=1S/C40H45FN6O10S/c1-39(2,3)57-38(51)42-28-10-8-6-4-5-7-9-23-19-40(23,37(50)46-58(52,53)26-12-13-26)45-34(48)29-18-25(20-47(29)36(28)49)55-35-32-31(27-17-24(41)11-14-30(27)56-32)43-33(44-35)22-15-16-54-21-22/h7,9,11,14-17,21,23,25-26,28-29H,4-6,8,10,12-13,18-20H2,1-3H3,(H,42,51)(H,45,48)(H,46,50)/t23-,25-,28+,29+,40-/m1/s1. The molecule has 2 aliphatic heterocycles. The molecule has 3 N–H and O–H groups in total. The average molecular weight is 821 g/mol. The van der Waals surface area contributed by atoms with Gasteiger partial charge < -0.3 is 33.8 Å². The molecule has 3 aromatic heterocycles. The van der Waals surface area contributed by atoms with Crippen molar-refractivity contribution in [3.05, 3.63) is 54.8 Å². The van der Waals surface area contributed by atoms with E-state index < -0.39 is 80.2 Å². The fourth-order valence-corrected chi connectivity index (χ4v) is 9.01. The Morgan fingerprint density at radius 3 is 2.64 bits per heavy atom. The summed E-state index contributed by atoms with van der Waals surface area (Å²) in [7, 11) is -3.94. The van der Waals surface area contributed by atoms with Crippen LogP contribution in [-0.2, 0) is 29.1 Å². The lowest BCUT2D eigenvalue weighted by Crippen LogP contribution is -2.58. The first-order valence-electron chi connectivity index (χ1n) is 19.5. The summed E-state index contributed by atoms with van der Waals surface area (Å²) in [6.07, 6.45) is 8.84. The second-order valence-electron chi connectivity index (χ2n) is 16.5. The van der Waals surface area contributed by atoms with Crippen LogP contribution in [0, 0.1) is 11.7 Å². The molecule has 5 atom stereocenters. The predicted molar refractivity (Wildman–Crippen MR) is 206 cm³/mol. The number of amides is 4. The molecule has 308 valence electrons. The van der Waals surface area contributed by atoms with Crippen molar-refractivity contribution in [1.82, 2.24) is 30.2 Å². The number of ether oxygens (including phenoxy) is 2. The normalized spacial score (nSPS) is 25.6. The van der Waals surface area contributed by atoms with Gasteiger partial charge in [0.05, 0.1) is 23.6 Å². The Morgan fingerprint density at radius 1 is 1.09 bits per heavy atom. The van der Waals surface area contributed by atoms with E-state index in [1.807, 2.05) is 12.2 Å². The van der Waals surface area contributed by atoms with Crippen molar-refractivity contribution >= 4 is 55.9 Å². The van der Waals surface area contributed by atoms with E-state index in [0.717, 1.165) is 12.8 Å². The molecule has 1 aromatic carbocycles. The number of aromatic nitrogens is 2. The summed E-state index contributed by atoms with van der Waals surface area (Å²) in [5, 5.41) is 5.27. The van der Waals surface area contributed by atoms with E-state index >= 15 is 0 Å². The molecule has 2 saturated carbocycles. The molecule has 18 heteroatoms. The third-order valence-corrected chi connectivity index (χ3v) is 12.7. The molecule has 16 nitrogen and oxygen atoms in total. The number of hydrogen-bond donors (Lipinski definition) is 3. The highest BCUT2D eigenvalue weighted by molar-refractivity contribution is 7.91. The second kappa shape index (κ2) is 15.0. The molecule has 1 saturated heterocycles. The van der Waals surface area contributed by atoms with E-state index in [-0.39, 0.29) is 48.6 Å². The Labute approximate surface area is 333 Å². The summed E-state index contributed by atoms with van der Waals surface area (Å²) in [6.45, 7) is 4.96. The van der Waals surface area contributed by atoms with Gasteiger partial charge in [0, 0.05) is 17.7 Å². The number of nitrogens with one attached hydrogen (secondary N) is 3. The third-order valence-electron chi connectivity index (χ3n) is 10.8. The minimum Gasteiger partial charge on any atom is -0.472 e. The molecule has 2 aliphatic carbocycles. The summed E-state index contributed by atoms with van der Waals surface area (Å²) < 4.78 is 65.8. The van der Waals surface area contributed by atoms with E-state index in [1.54, 1.807) is 26.8 Å². The zero-order chi connectivity index (χ0) is 41.0. The van der Waals surface area contributed by atoms with Crippen LogP contribution in [0.25, 0.3) is 33.5 Å². The number of carbonyl (C=O) groups excluding carboxylic acids is 4. The van der Waals surface area contributed by atoms with Gasteiger partial charge in [-0.3, -0.25) is 19.1 Å². The van der Waals surface area contributed by atoms with Crippen LogP contribution < -0.4 is 20.1 Å². The first-order chi connectivity index (χ1) is 27.6. The second-order valence-corrected chi connectivity index (χ2v) is 18.4. The maximum absolute atomic E-state index is 14.6. The van der Waals surface area contributed by atoms with Crippen molar-refractivity contribution in [2.24, 2.45) is 5.92 Å². The van der Waals surface area contributed by atoms with Crippen molar-refractivity contribution in [3.8, 4) is 17.3 Å². The largest absolute Gasteiger partial charge is 0.472 e. The third kappa shape index (κ3) is 8.11. The highest BCUT2D eigenvalue weighted by atomic mass is 32.2. The van der Waals surface area contributed by atoms with E-state index in [9.17, 15) is 32.0 Å². The van der Waals surface area contributed by atoms with Gasteiger partial charge >= 0.3 is 6.09 Å². The predicted octanol–water partition coefficient (Wildman–Crippen LogP) is 5.02. The number of alkyl carbamates (subject to hydrolysis) is 1. The van der Waals surface area contributed by atoms with Crippen molar-refractivity contribution in [2.75, 3.05) is 6.54 Å². The molecular weight excluding hydrogens is 776 g/mol. The van der Waals surface area contributed by atoms with Gasteiger partial charge in [0.1, 0.15) is 52.5 Å². The first-order valence-corrected chi connectivity index (χ1v) is 21.1. The fraction of sp³-hybridized carbons (Fsp3) is 0.500. The van der Waals surface area contributed by atoms with Gasteiger partial charge in [-0.25, -0.2) is 22.6 Å². The number of halogens is 1. The SMILES string of the molecule is CC(C)(C)OC(=O)N[C@H]1CCCCCC=C[C@@H]2C[C@@]2(C(=O)NS(=O)(=O)C2CC2)NC(=O)[C@@H]2C[C@@H](Oc3nc(-c4ccoc4)nc4c3oc3ccc(F)cc34)CN2C1=O. The van der Waals surface area contributed by atoms with E-state index in [2.05, 4.69) is 25.3 Å². The zero-order valence-electron chi connectivity index (χ0n) is 32.3. The lowest BCUT2D eigenvalue weighted by atomic mass is 10.0. The van der Waals surface area contributed by atoms with Crippen LogP contribution in [-0.4, -0.2) is 88.2 Å². The molecule has 8 rings (SSSR count). The topological polar surface area (TPSA) is 212 Å². The number of sulfonamides is 1. The van der Waals surface area contributed by atoms with Gasteiger partial charge in [-0.2, -0.15) is 4.98 Å². The molecule has 4 aliphatic rings. The molecule has 4 amide bonds. The lowest BCUT2D eigenvalue weighted by Gasteiger charge is -2.30. The summed E-state index contributed by atoms with van der Waals surface area (Å²) in [4.78, 5) is 66.5. The molecule has 0 radical (unpaired) electrons. The number of nitrogens with zero attached hydrogens (tertiary/aromatic N) is 3. The number of hydrogen-bond acceptors (Lipinski definition) is 12. The Balaban J connectivity index is 1.14. The van der Waals surface area contributed by atoms with Crippen LogP contribution in [0.5, 0.6) is 5.88 Å². The highest BCUT2D eigenvalue weighted by Crippen LogP contribution is 2.46. The van der Waals surface area contributed by atoms with Gasteiger partial charge in [-0.05, 0) is 83.6 Å². The van der Waals surface area contributed by atoms with E-state index in [4.69, 9.17) is 18.3 Å². The highest BCUT2D eigenvalue weighted by Gasteiger charge is 2.62. The minimum atomic E-state index is -3.94. The van der Waals surface area contributed by atoms with E-state index in [0.29, 0.717) is 42.2 Å². The Bertz CT molecular complexity index is 2410. The molecule has 5 heterocycles. The van der Waals surface area contributed by atoms with Crippen LogP contribution in [0.15, 0.2) is 57.8 Å². The number of benzene rings is 1. The molecular formula is C40H45FN6O10S. The van der Waals surface area contributed by atoms with Crippen molar-refractivity contribution < 1.29 is 50.3 Å². The quantitative estimate of drug-likeness (QED) is 0.210. The Hall–Kier alpha value is -5.52. The smallest absolute Gasteiger partial charge is 0.408 e. The number of carbonyl (C=O) groups is 4. The van der Waals surface area contributed by atoms with Gasteiger partial charge in [-0.15, -0.1) is 0 Å². The van der Waals surface area contributed by atoms with Crippen LogP contribution in [0.2, 0.25) is 0 Å². The summed E-state index contributed by atoms with van der Waals surface area (Å²) in [5.74, 6) is -2.95. The van der Waals surface area contributed by atoms with Gasteiger partial charge in [-0.1, -0.05) is 25.0 Å². The molecule has 0 bridgehead atoms. The number of allylic oxidation sites excluding steroid dienone is 1. The lowest BCUT2D eigenvalue weighted by molar-refractivity contribution is -0.141. The minimum absolute atomic E-state index is 0.0321. The number of rotatable bonds is 7. The number of fused-ring (bicyclic) bond motifs is 5. The maximum atomic E-state index is 14.6. The summed E-state index contributed by atoms with van der Waals surface area (Å²) >= 11 is 0. The van der Waals surface area contributed by atoms with Gasteiger partial charge in [0.15, 0.2) is 5.82 Å². The molecule has 58 heavy (non-hydrogen) atoms. The van der Waals surface area contributed by atoms with Crippen molar-refractivity contribution in [1.29, 1.82) is 0 Å². The fourth-order valence-electron chi connectivity index (χ4n) is 7.65. The monoisotopic (exact) mass is 820 g/mol. The van der Waals surface area contributed by atoms with Crippen LogP contribution in [0.3, 0.4) is 0 Å². The Morgan fingerprint density at radius 2 is 1.90 bits per heavy atom. The molecule has 4 aromatic rings. The van der Waals surface area contributed by atoms with Crippen molar-refractivity contribution in [3.63, 3.8) is 0 Å². The first kappa shape index (κ1) is 39.3. The number of furan rings is 2. The maximum Gasteiger partial charge on any atom is 0.408 e. The van der Waals surface area contributed by atoms with Crippen LogP contribution >= 0.6 is 0 Å². The van der Waals surface area contributed by atoms with Crippen molar-refractivity contribution in [2.45, 2.75) is 113 Å². The molecule has 0 unspecified atom stereocenters. The molecule has 0 spiro atoms. The van der Waals surface area contributed by atoms with Gasteiger partial charge in [0.2, 0.25) is 27.4 Å². The van der Waals surface area contributed by atoms with Gasteiger partial charge in [0.25, 0.3) is 11.8 Å². The van der Waals surface area contributed by atoms with Crippen LogP contribution in [0.1, 0.15) is 78.6 Å². The van der Waals surface area contributed by atoms with E-state index in [1.165, 1.54) is 35.6 Å².